The molecule has 1 aromatic heterocycles. The Morgan fingerprint density at radius 2 is 1.92 bits per heavy atom. The fourth-order valence-electron chi connectivity index (χ4n) is 3.85. The predicted octanol–water partition coefficient (Wildman–Crippen LogP) is 3.54. The number of hydrogen-bond donors (Lipinski definition) is 2. The van der Waals surface area contributed by atoms with Gasteiger partial charge in [-0.15, -0.1) is 0 Å². The van der Waals surface area contributed by atoms with Gasteiger partial charge in [0.05, 0.1) is 42.8 Å². The number of nitrogens with one attached hydrogen (secondary N) is 2. The van der Waals surface area contributed by atoms with Gasteiger partial charge >= 0.3 is 5.97 Å². The molecule has 0 unspecified atom stereocenters. The Kier molecular flexibility index (Phi) is 8.62. The highest BCUT2D eigenvalue weighted by Gasteiger charge is 2.21. The van der Waals surface area contributed by atoms with Gasteiger partial charge in [-0.3, -0.25) is 4.79 Å². The quantitative estimate of drug-likeness (QED) is 0.335. The first-order chi connectivity index (χ1) is 18.1. The molecule has 0 aliphatic carbocycles. The highest BCUT2D eigenvalue weighted by Crippen LogP contribution is 2.28. The zero-order chi connectivity index (χ0) is 26.0. The van der Waals surface area contributed by atoms with E-state index in [-0.39, 0.29) is 18.4 Å². The Hall–Kier alpha value is -4.49. The summed E-state index contributed by atoms with van der Waals surface area (Å²) in [6.07, 6.45) is 2.37. The van der Waals surface area contributed by atoms with Gasteiger partial charge in [0, 0.05) is 36.1 Å². The van der Waals surface area contributed by atoms with Crippen LogP contribution >= 0.6 is 0 Å². The number of benzene rings is 2. The maximum Gasteiger partial charge on any atom is 0.340 e. The molecular formula is C27H28N6O4. The molecule has 1 amide bonds. The van der Waals surface area contributed by atoms with Crippen LogP contribution in [0.4, 0.5) is 17.3 Å². The van der Waals surface area contributed by atoms with E-state index in [1.165, 1.54) is 0 Å². The van der Waals surface area contributed by atoms with Gasteiger partial charge in [-0.05, 0) is 42.8 Å². The number of amides is 1. The average molecular weight is 501 g/mol. The highest BCUT2D eigenvalue weighted by molar-refractivity contribution is 5.97. The fourth-order valence-corrected chi connectivity index (χ4v) is 3.85. The molecule has 4 rings (SSSR count). The lowest BCUT2D eigenvalue weighted by molar-refractivity contribution is 0.0505. The van der Waals surface area contributed by atoms with Crippen molar-refractivity contribution in [2.45, 2.75) is 13.3 Å². The van der Waals surface area contributed by atoms with E-state index in [9.17, 15) is 9.59 Å². The Balaban J connectivity index is 1.54. The van der Waals surface area contributed by atoms with E-state index in [4.69, 9.17) is 14.7 Å². The van der Waals surface area contributed by atoms with E-state index in [0.29, 0.717) is 61.4 Å². The van der Waals surface area contributed by atoms with Crippen molar-refractivity contribution in [1.29, 1.82) is 5.26 Å². The summed E-state index contributed by atoms with van der Waals surface area (Å²) < 4.78 is 10.9. The van der Waals surface area contributed by atoms with Gasteiger partial charge in [-0.25, -0.2) is 14.8 Å². The number of carbonyl (C=O) groups excluding carboxylic acids is 2. The van der Waals surface area contributed by atoms with Crippen molar-refractivity contribution < 1.29 is 19.1 Å². The highest BCUT2D eigenvalue weighted by atomic mass is 16.5. The summed E-state index contributed by atoms with van der Waals surface area (Å²) in [7, 11) is 0. The topological polar surface area (TPSA) is 129 Å². The van der Waals surface area contributed by atoms with Crippen molar-refractivity contribution in [2.24, 2.45) is 0 Å². The molecule has 1 aliphatic heterocycles. The lowest BCUT2D eigenvalue weighted by Gasteiger charge is -2.30. The summed E-state index contributed by atoms with van der Waals surface area (Å²) >= 11 is 0. The lowest BCUT2D eigenvalue weighted by atomic mass is 10.1. The van der Waals surface area contributed by atoms with Crippen LogP contribution in [0.5, 0.6) is 0 Å². The number of aromatic nitrogens is 2. The van der Waals surface area contributed by atoms with E-state index in [2.05, 4.69) is 25.5 Å². The van der Waals surface area contributed by atoms with Gasteiger partial charge in [0.1, 0.15) is 6.54 Å². The molecule has 2 heterocycles. The van der Waals surface area contributed by atoms with Crippen molar-refractivity contribution in [1.82, 2.24) is 15.3 Å². The number of nitriles is 1. The first-order valence-electron chi connectivity index (χ1n) is 12.1. The third kappa shape index (κ3) is 6.59. The molecule has 1 fully saturated rings. The largest absolute Gasteiger partial charge is 0.462 e. The average Bonchev–Trinajstić information content (AvgIpc) is 2.95. The van der Waals surface area contributed by atoms with E-state index in [1.807, 2.05) is 25.1 Å². The third-order valence-corrected chi connectivity index (χ3v) is 5.69. The van der Waals surface area contributed by atoms with Crippen molar-refractivity contribution in [3.63, 3.8) is 0 Å². The first-order valence-corrected chi connectivity index (χ1v) is 12.1. The van der Waals surface area contributed by atoms with Gasteiger partial charge in [0.2, 0.25) is 5.95 Å². The summed E-state index contributed by atoms with van der Waals surface area (Å²) in [5, 5.41) is 14.3. The van der Waals surface area contributed by atoms with Gasteiger partial charge in [0.25, 0.3) is 5.91 Å². The molecule has 1 aliphatic rings. The minimum atomic E-state index is -0.374. The van der Waals surface area contributed by atoms with Gasteiger partial charge in [0.15, 0.2) is 0 Å². The molecule has 3 aromatic rings. The number of rotatable bonds is 9. The van der Waals surface area contributed by atoms with E-state index >= 15 is 0 Å². The van der Waals surface area contributed by atoms with Crippen LogP contribution in [0.3, 0.4) is 0 Å². The smallest absolute Gasteiger partial charge is 0.340 e. The van der Waals surface area contributed by atoms with E-state index in [0.717, 1.165) is 17.7 Å². The Morgan fingerprint density at radius 3 is 2.65 bits per heavy atom. The van der Waals surface area contributed by atoms with Crippen LogP contribution < -0.4 is 15.5 Å². The van der Waals surface area contributed by atoms with Crippen LogP contribution in [-0.4, -0.2) is 61.3 Å². The molecule has 0 radical (unpaired) electrons. The lowest BCUT2D eigenvalue weighted by Crippen LogP contribution is -2.37. The molecule has 0 spiro atoms. The van der Waals surface area contributed by atoms with Crippen LogP contribution in [0.15, 0.2) is 54.7 Å². The molecule has 1 saturated heterocycles. The van der Waals surface area contributed by atoms with Crippen molar-refractivity contribution in [3.05, 3.63) is 65.9 Å². The number of nitrogens with zero attached hydrogens (tertiary/aromatic N) is 4. The van der Waals surface area contributed by atoms with E-state index < -0.39 is 0 Å². The van der Waals surface area contributed by atoms with Crippen LogP contribution in [0.2, 0.25) is 0 Å². The molecule has 190 valence electrons. The van der Waals surface area contributed by atoms with Gasteiger partial charge in [-0.2, -0.15) is 5.26 Å². The molecular weight excluding hydrogens is 472 g/mol. The third-order valence-electron chi connectivity index (χ3n) is 5.69. The standard InChI is InChI=1S/C27H28N6O4/c1-2-15-37-26(35)22-18-21(7-8-24(22)33-13-16-36-17-14-33)31-27-30-11-9-23(32-27)19-3-5-20(6-4-19)25(34)29-12-10-28/h3-9,11,18H,2,12-17H2,1H3,(H,29,34)(H,30,31,32). The number of ether oxygens (including phenoxy) is 2. The molecule has 0 saturated carbocycles. The Morgan fingerprint density at radius 1 is 1.14 bits per heavy atom. The second-order valence-corrected chi connectivity index (χ2v) is 8.28. The van der Waals surface area contributed by atoms with Crippen LogP contribution in [0, 0.1) is 11.3 Å². The summed E-state index contributed by atoms with van der Waals surface area (Å²) in [6, 6.07) is 16.1. The Labute approximate surface area is 215 Å². The number of hydrogen-bond acceptors (Lipinski definition) is 9. The van der Waals surface area contributed by atoms with Crippen LogP contribution in [0.25, 0.3) is 11.3 Å². The van der Waals surface area contributed by atoms with Crippen molar-refractivity contribution >= 4 is 29.2 Å². The monoisotopic (exact) mass is 500 g/mol. The molecule has 2 aromatic carbocycles. The molecule has 2 N–H and O–H groups in total. The minimum Gasteiger partial charge on any atom is -0.462 e. The Bertz CT molecular complexity index is 1280. The maximum atomic E-state index is 12.9. The summed E-state index contributed by atoms with van der Waals surface area (Å²) in [5.74, 6) is -0.326. The van der Waals surface area contributed by atoms with Gasteiger partial charge < -0.3 is 25.0 Å². The molecule has 0 bridgehead atoms. The molecule has 10 nitrogen and oxygen atoms in total. The zero-order valence-electron chi connectivity index (χ0n) is 20.6. The second-order valence-electron chi connectivity index (χ2n) is 8.28. The van der Waals surface area contributed by atoms with Crippen molar-refractivity contribution in [3.8, 4) is 17.3 Å². The maximum absolute atomic E-state index is 12.9. The summed E-state index contributed by atoms with van der Waals surface area (Å²) in [5.41, 5.74) is 3.85. The van der Waals surface area contributed by atoms with Gasteiger partial charge in [-0.1, -0.05) is 19.1 Å². The normalized spacial score (nSPS) is 12.9. The number of morpholine rings is 1. The molecule has 10 heteroatoms. The predicted molar refractivity (Wildman–Crippen MR) is 139 cm³/mol. The number of anilines is 3. The number of carbonyl (C=O) groups is 2. The zero-order valence-corrected chi connectivity index (χ0v) is 20.6. The molecule has 37 heavy (non-hydrogen) atoms. The minimum absolute atomic E-state index is 0.0486. The molecule has 0 atom stereocenters. The summed E-state index contributed by atoms with van der Waals surface area (Å²) in [6.45, 7) is 4.87. The fraction of sp³-hybridized carbons (Fsp3) is 0.296. The first kappa shape index (κ1) is 25.6. The van der Waals surface area contributed by atoms with Crippen LogP contribution in [0.1, 0.15) is 34.1 Å². The van der Waals surface area contributed by atoms with E-state index in [1.54, 1.807) is 42.6 Å². The SMILES string of the molecule is CCCOC(=O)c1cc(Nc2nccc(-c3ccc(C(=O)NCC#N)cc3)n2)ccc1N1CCOCC1. The van der Waals surface area contributed by atoms with Crippen molar-refractivity contribution in [2.75, 3.05) is 49.7 Å². The summed E-state index contributed by atoms with van der Waals surface area (Å²) in [4.78, 5) is 35.9. The number of esters is 1. The second kappa shape index (κ2) is 12.5. The van der Waals surface area contributed by atoms with Crippen LogP contribution in [-0.2, 0) is 9.47 Å².